The first-order chi connectivity index (χ1) is 11.8. The van der Waals surface area contributed by atoms with Gasteiger partial charge in [-0.25, -0.2) is 0 Å². The monoisotopic (exact) mass is 339 g/mol. The van der Waals surface area contributed by atoms with Gasteiger partial charge in [-0.1, -0.05) is 96.6 Å². The lowest BCUT2D eigenvalue weighted by molar-refractivity contribution is -0.0869. The summed E-state index contributed by atoms with van der Waals surface area (Å²) in [5, 5.41) is 10.7. The Kier molecular flexibility index (Phi) is 20.4. The normalized spacial score (nSPS) is 11.8. The average Bonchev–Trinajstić information content (AvgIpc) is 2.60. The summed E-state index contributed by atoms with van der Waals surface area (Å²) in [5.41, 5.74) is 0. The average molecular weight is 340 g/mol. The molecule has 0 saturated carbocycles. The summed E-state index contributed by atoms with van der Waals surface area (Å²) in [7, 11) is 0. The summed E-state index contributed by atoms with van der Waals surface area (Å²) in [5.74, 6) is 0. The van der Waals surface area contributed by atoms with Crippen molar-refractivity contribution in [2.24, 2.45) is 0 Å². The van der Waals surface area contributed by atoms with Crippen molar-refractivity contribution in [2.45, 2.75) is 117 Å². The number of rotatable bonds is 19. The van der Waals surface area contributed by atoms with Crippen molar-refractivity contribution in [3.8, 4) is 0 Å². The summed E-state index contributed by atoms with van der Waals surface area (Å²) < 4.78 is 0. The van der Waals surface area contributed by atoms with Gasteiger partial charge in [0.15, 0.2) is 0 Å². The first-order valence-electron chi connectivity index (χ1n) is 10.9. The quantitative estimate of drug-likeness (QED) is 0.149. The molecular formula is C22H45NO. The third kappa shape index (κ3) is 19.7. The molecule has 0 aromatic heterocycles. The van der Waals surface area contributed by atoms with Crippen LogP contribution in [-0.2, 0) is 0 Å². The Labute approximate surface area is 152 Å². The third-order valence-corrected chi connectivity index (χ3v) is 4.79. The maximum atomic E-state index is 9.32. The molecule has 2 heteroatoms. The molecule has 0 rings (SSSR count). The largest absolute Gasteiger partial charge is 0.314 e. The van der Waals surface area contributed by atoms with E-state index in [2.05, 4.69) is 19.1 Å². The van der Waals surface area contributed by atoms with Crippen LogP contribution in [0.25, 0.3) is 0 Å². The van der Waals surface area contributed by atoms with Crippen molar-refractivity contribution >= 4 is 0 Å². The zero-order valence-electron chi connectivity index (χ0n) is 16.8. The molecule has 0 aromatic rings. The minimum Gasteiger partial charge on any atom is -0.314 e. The van der Waals surface area contributed by atoms with E-state index in [0.29, 0.717) is 0 Å². The van der Waals surface area contributed by atoms with E-state index in [0.717, 1.165) is 19.5 Å². The Bertz CT molecular complexity index is 252. The molecule has 0 aliphatic heterocycles. The Balaban J connectivity index is 3.08. The van der Waals surface area contributed by atoms with Crippen LogP contribution in [-0.4, -0.2) is 23.4 Å². The Hall–Kier alpha value is -0.340. The van der Waals surface area contributed by atoms with E-state index >= 15 is 0 Å². The summed E-state index contributed by atoms with van der Waals surface area (Å²) >= 11 is 0. The molecule has 0 heterocycles. The lowest BCUT2D eigenvalue weighted by atomic mass is 10.1. The lowest BCUT2D eigenvalue weighted by Crippen LogP contribution is -2.19. The van der Waals surface area contributed by atoms with Crippen LogP contribution in [0.1, 0.15) is 117 Å². The van der Waals surface area contributed by atoms with Crippen LogP contribution in [0.4, 0.5) is 0 Å². The van der Waals surface area contributed by atoms with Crippen molar-refractivity contribution in [3.05, 3.63) is 12.2 Å². The molecule has 0 atom stereocenters. The van der Waals surface area contributed by atoms with Gasteiger partial charge in [-0.15, -0.1) is 0 Å². The molecule has 0 saturated heterocycles. The van der Waals surface area contributed by atoms with E-state index in [9.17, 15) is 5.21 Å². The number of allylic oxidation sites excluding steroid dienone is 2. The molecule has 24 heavy (non-hydrogen) atoms. The molecule has 0 aliphatic rings. The zero-order chi connectivity index (χ0) is 17.7. The summed E-state index contributed by atoms with van der Waals surface area (Å²) in [6.07, 6.45) is 26.4. The van der Waals surface area contributed by atoms with Gasteiger partial charge in [0.05, 0.1) is 0 Å². The Morgan fingerprint density at radius 1 is 0.583 bits per heavy atom. The highest BCUT2D eigenvalue weighted by Crippen LogP contribution is 2.11. The van der Waals surface area contributed by atoms with E-state index in [1.54, 1.807) is 0 Å². The van der Waals surface area contributed by atoms with Gasteiger partial charge in [0.1, 0.15) is 0 Å². The summed E-state index contributed by atoms with van der Waals surface area (Å²) in [6.45, 7) is 5.85. The van der Waals surface area contributed by atoms with Crippen LogP contribution in [0.15, 0.2) is 12.2 Å². The molecule has 0 aliphatic carbocycles. The van der Waals surface area contributed by atoms with E-state index in [-0.39, 0.29) is 0 Å². The number of unbranched alkanes of at least 4 members (excludes halogenated alkanes) is 14. The fraction of sp³-hybridized carbons (Fsp3) is 0.909. The highest BCUT2D eigenvalue weighted by molar-refractivity contribution is 4.81. The second kappa shape index (κ2) is 20.7. The van der Waals surface area contributed by atoms with Crippen LogP contribution in [0, 0.1) is 0 Å². The predicted molar refractivity (Wildman–Crippen MR) is 108 cm³/mol. The smallest absolute Gasteiger partial charge is 0.0238 e. The molecular weight excluding hydrogens is 294 g/mol. The van der Waals surface area contributed by atoms with Crippen molar-refractivity contribution < 1.29 is 5.21 Å². The van der Waals surface area contributed by atoms with Crippen molar-refractivity contribution in [2.75, 3.05) is 13.1 Å². The molecule has 0 spiro atoms. The number of hydroxylamine groups is 2. The minimum absolute atomic E-state index is 0.743. The first-order valence-corrected chi connectivity index (χ1v) is 10.9. The SMILES string of the molecule is CCCCCCCCC=CCCCCCCCCCCN(O)CC. The van der Waals surface area contributed by atoms with Crippen LogP contribution in [0.3, 0.4) is 0 Å². The fourth-order valence-electron chi connectivity index (χ4n) is 3.05. The molecule has 0 unspecified atom stereocenters. The van der Waals surface area contributed by atoms with Crippen LogP contribution in [0.5, 0.6) is 0 Å². The maximum Gasteiger partial charge on any atom is 0.0238 e. The molecule has 2 nitrogen and oxygen atoms in total. The fourth-order valence-corrected chi connectivity index (χ4v) is 3.05. The maximum absolute atomic E-state index is 9.32. The second-order valence-electron chi connectivity index (χ2n) is 7.19. The summed E-state index contributed by atoms with van der Waals surface area (Å²) in [4.78, 5) is 0. The third-order valence-electron chi connectivity index (χ3n) is 4.79. The number of hydrogen-bond donors (Lipinski definition) is 1. The van der Waals surface area contributed by atoms with Crippen molar-refractivity contribution in [3.63, 3.8) is 0 Å². The van der Waals surface area contributed by atoms with Gasteiger partial charge in [0, 0.05) is 13.1 Å². The van der Waals surface area contributed by atoms with Crippen LogP contribution < -0.4 is 0 Å². The first kappa shape index (κ1) is 23.7. The van der Waals surface area contributed by atoms with Crippen molar-refractivity contribution in [1.29, 1.82) is 0 Å². The van der Waals surface area contributed by atoms with Crippen molar-refractivity contribution in [1.82, 2.24) is 5.06 Å². The van der Waals surface area contributed by atoms with E-state index in [1.807, 2.05) is 6.92 Å². The van der Waals surface area contributed by atoms with Gasteiger partial charge >= 0.3 is 0 Å². The zero-order valence-corrected chi connectivity index (χ0v) is 16.8. The Morgan fingerprint density at radius 2 is 1.00 bits per heavy atom. The molecule has 1 N–H and O–H groups in total. The van der Waals surface area contributed by atoms with Gasteiger partial charge in [-0.3, -0.25) is 0 Å². The van der Waals surface area contributed by atoms with Gasteiger partial charge in [0.25, 0.3) is 0 Å². The van der Waals surface area contributed by atoms with Gasteiger partial charge in [0.2, 0.25) is 0 Å². The summed E-state index contributed by atoms with van der Waals surface area (Å²) in [6, 6.07) is 0. The van der Waals surface area contributed by atoms with E-state index in [1.165, 1.54) is 101 Å². The van der Waals surface area contributed by atoms with Gasteiger partial charge < -0.3 is 5.21 Å². The van der Waals surface area contributed by atoms with Gasteiger partial charge in [-0.05, 0) is 32.1 Å². The highest BCUT2D eigenvalue weighted by Gasteiger charge is 1.96. The highest BCUT2D eigenvalue weighted by atomic mass is 16.5. The lowest BCUT2D eigenvalue weighted by Gasteiger charge is -2.10. The molecule has 0 bridgehead atoms. The second-order valence-corrected chi connectivity index (χ2v) is 7.19. The number of nitrogens with zero attached hydrogens (tertiary/aromatic N) is 1. The molecule has 0 amide bonds. The number of hydrogen-bond acceptors (Lipinski definition) is 2. The van der Waals surface area contributed by atoms with E-state index < -0.39 is 0 Å². The van der Waals surface area contributed by atoms with Crippen LogP contribution >= 0.6 is 0 Å². The predicted octanol–water partition coefficient (Wildman–Crippen LogP) is 7.52. The van der Waals surface area contributed by atoms with Crippen LogP contribution in [0.2, 0.25) is 0 Å². The van der Waals surface area contributed by atoms with E-state index in [4.69, 9.17) is 0 Å². The minimum atomic E-state index is 0.743. The molecule has 0 radical (unpaired) electrons. The molecule has 0 fully saturated rings. The topological polar surface area (TPSA) is 23.5 Å². The molecule has 0 aromatic carbocycles. The molecule has 144 valence electrons. The van der Waals surface area contributed by atoms with Gasteiger partial charge in [-0.2, -0.15) is 5.06 Å². The standard InChI is InChI=1S/C22H45NO/c1-3-5-6-7-8-9-10-11-12-13-14-15-16-17-18-19-20-21-22-23(24)4-2/h11-12,24H,3-10,13-22H2,1-2H3. The Morgan fingerprint density at radius 3 is 1.46 bits per heavy atom.